The highest BCUT2D eigenvalue weighted by atomic mass is 32.2. The van der Waals surface area contributed by atoms with Gasteiger partial charge < -0.3 is 4.90 Å². The van der Waals surface area contributed by atoms with E-state index in [9.17, 15) is 8.42 Å². The number of piperazine rings is 1. The molecule has 0 bridgehead atoms. The molecule has 0 atom stereocenters. The van der Waals surface area contributed by atoms with E-state index in [-0.39, 0.29) is 0 Å². The predicted octanol–water partition coefficient (Wildman–Crippen LogP) is 3.12. The normalized spacial score (nSPS) is 16.4. The van der Waals surface area contributed by atoms with Crippen molar-refractivity contribution in [3.05, 3.63) is 59.2 Å². The highest BCUT2D eigenvalue weighted by Crippen LogP contribution is 2.25. The van der Waals surface area contributed by atoms with Gasteiger partial charge in [-0.2, -0.15) is 4.31 Å². The lowest BCUT2D eigenvalue weighted by atomic mass is 10.1. The number of hydrogen-bond acceptors (Lipinski definition) is 3. The minimum atomic E-state index is -3.43. The fraction of sp³-hybridized carbons (Fsp3) is 0.368. The number of aryl methyl sites for hydroxylation is 3. The molecule has 4 nitrogen and oxygen atoms in total. The van der Waals surface area contributed by atoms with Crippen LogP contribution in [0.1, 0.15) is 16.7 Å². The van der Waals surface area contributed by atoms with Crippen molar-refractivity contribution in [2.24, 2.45) is 0 Å². The molecular weight excluding hydrogens is 320 g/mol. The molecule has 0 aromatic heterocycles. The number of para-hydroxylation sites is 1. The van der Waals surface area contributed by atoms with Crippen LogP contribution in [0.25, 0.3) is 0 Å². The first kappa shape index (κ1) is 17.0. The molecule has 1 saturated heterocycles. The van der Waals surface area contributed by atoms with Gasteiger partial charge in [0, 0.05) is 31.9 Å². The summed E-state index contributed by atoms with van der Waals surface area (Å²) in [7, 11) is -3.43. The molecule has 1 aliphatic heterocycles. The highest BCUT2D eigenvalue weighted by Gasteiger charge is 2.29. The third-order valence-corrected chi connectivity index (χ3v) is 6.81. The summed E-state index contributed by atoms with van der Waals surface area (Å²) in [4.78, 5) is 2.68. The van der Waals surface area contributed by atoms with Gasteiger partial charge in [-0.25, -0.2) is 8.42 Å². The number of rotatable bonds is 3. The van der Waals surface area contributed by atoms with E-state index in [0.717, 1.165) is 22.4 Å². The van der Waals surface area contributed by atoms with E-state index >= 15 is 0 Å². The van der Waals surface area contributed by atoms with Crippen LogP contribution in [-0.4, -0.2) is 38.9 Å². The predicted molar refractivity (Wildman–Crippen MR) is 98.1 cm³/mol. The SMILES string of the molecule is Cc1cc(C)c(S(=O)(=O)N2CCN(c3ccccc3)CC2)cc1C. The summed E-state index contributed by atoms with van der Waals surface area (Å²) in [6.45, 7) is 8.31. The Morgan fingerprint density at radius 3 is 2.00 bits per heavy atom. The zero-order valence-electron chi connectivity index (χ0n) is 14.5. The van der Waals surface area contributed by atoms with Crippen molar-refractivity contribution < 1.29 is 8.42 Å². The molecule has 24 heavy (non-hydrogen) atoms. The Labute approximate surface area is 144 Å². The maximum Gasteiger partial charge on any atom is 0.243 e. The van der Waals surface area contributed by atoms with Crippen LogP contribution in [0.5, 0.6) is 0 Å². The smallest absolute Gasteiger partial charge is 0.243 e. The van der Waals surface area contributed by atoms with E-state index < -0.39 is 10.0 Å². The molecule has 0 amide bonds. The molecule has 0 unspecified atom stereocenters. The first-order valence-corrected chi connectivity index (χ1v) is 9.71. The number of nitrogens with zero attached hydrogens (tertiary/aromatic N) is 2. The van der Waals surface area contributed by atoms with Crippen LogP contribution in [-0.2, 0) is 10.0 Å². The summed E-state index contributed by atoms with van der Waals surface area (Å²) in [5, 5.41) is 0. The average molecular weight is 344 g/mol. The maximum absolute atomic E-state index is 13.0. The summed E-state index contributed by atoms with van der Waals surface area (Å²) >= 11 is 0. The maximum atomic E-state index is 13.0. The zero-order valence-corrected chi connectivity index (χ0v) is 15.3. The molecule has 0 aliphatic carbocycles. The number of sulfonamides is 1. The molecule has 1 aliphatic rings. The zero-order chi connectivity index (χ0) is 17.3. The molecule has 2 aromatic carbocycles. The third-order valence-electron chi connectivity index (χ3n) is 4.77. The lowest BCUT2D eigenvalue weighted by Gasteiger charge is -2.35. The van der Waals surface area contributed by atoms with Crippen LogP contribution in [0.4, 0.5) is 5.69 Å². The third kappa shape index (κ3) is 3.19. The minimum Gasteiger partial charge on any atom is -0.369 e. The Morgan fingerprint density at radius 2 is 1.38 bits per heavy atom. The van der Waals surface area contributed by atoms with E-state index in [4.69, 9.17) is 0 Å². The van der Waals surface area contributed by atoms with Crippen molar-refractivity contribution in [1.82, 2.24) is 4.31 Å². The Kier molecular flexibility index (Phi) is 4.65. The van der Waals surface area contributed by atoms with Crippen molar-refractivity contribution in [3.8, 4) is 0 Å². The monoisotopic (exact) mass is 344 g/mol. The van der Waals surface area contributed by atoms with Crippen LogP contribution in [0.3, 0.4) is 0 Å². The molecule has 1 fully saturated rings. The van der Waals surface area contributed by atoms with Crippen LogP contribution < -0.4 is 4.90 Å². The lowest BCUT2D eigenvalue weighted by Crippen LogP contribution is -2.48. The van der Waals surface area contributed by atoms with Gasteiger partial charge in [-0.05, 0) is 55.7 Å². The van der Waals surface area contributed by atoms with Gasteiger partial charge in [0.05, 0.1) is 4.90 Å². The Balaban J connectivity index is 1.79. The highest BCUT2D eigenvalue weighted by molar-refractivity contribution is 7.89. The first-order chi connectivity index (χ1) is 11.4. The number of hydrogen-bond donors (Lipinski definition) is 0. The second-order valence-corrected chi connectivity index (χ2v) is 8.34. The fourth-order valence-electron chi connectivity index (χ4n) is 3.18. The molecule has 0 saturated carbocycles. The fourth-order valence-corrected chi connectivity index (χ4v) is 4.89. The average Bonchev–Trinajstić information content (AvgIpc) is 2.59. The van der Waals surface area contributed by atoms with E-state index in [2.05, 4.69) is 17.0 Å². The van der Waals surface area contributed by atoms with Crippen LogP contribution in [0.15, 0.2) is 47.4 Å². The Bertz CT molecular complexity index is 824. The van der Waals surface area contributed by atoms with Crippen LogP contribution in [0, 0.1) is 20.8 Å². The summed E-state index contributed by atoms with van der Waals surface area (Å²) < 4.78 is 27.7. The van der Waals surface area contributed by atoms with Gasteiger partial charge in [0.1, 0.15) is 0 Å². The first-order valence-electron chi connectivity index (χ1n) is 8.27. The second kappa shape index (κ2) is 6.57. The van der Waals surface area contributed by atoms with Gasteiger partial charge in [-0.3, -0.25) is 0 Å². The molecule has 3 rings (SSSR count). The number of benzene rings is 2. The Morgan fingerprint density at radius 1 is 0.792 bits per heavy atom. The second-order valence-electron chi connectivity index (χ2n) is 6.43. The molecule has 1 heterocycles. The van der Waals surface area contributed by atoms with Gasteiger partial charge in [0.25, 0.3) is 0 Å². The summed E-state index contributed by atoms with van der Waals surface area (Å²) in [6, 6.07) is 13.9. The topological polar surface area (TPSA) is 40.6 Å². The van der Waals surface area contributed by atoms with E-state index in [1.54, 1.807) is 4.31 Å². The molecule has 128 valence electrons. The van der Waals surface area contributed by atoms with E-state index in [1.165, 1.54) is 0 Å². The summed E-state index contributed by atoms with van der Waals surface area (Å²) in [5.74, 6) is 0. The molecule has 5 heteroatoms. The van der Waals surface area contributed by atoms with Gasteiger partial charge in [0.15, 0.2) is 0 Å². The van der Waals surface area contributed by atoms with Crippen molar-refractivity contribution in [2.75, 3.05) is 31.1 Å². The van der Waals surface area contributed by atoms with Gasteiger partial charge in [0.2, 0.25) is 10.0 Å². The molecule has 0 radical (unpaired) electrons. The Hall–Kier alpha value is -1.85. The summed E-state index contributed by atoms with van der Waals surface area (Å²) in [6.07, 6.45) is 0. The van der Waals surface area contributed by atoms with Crippen molar-refractivity contribution >= 4 is 15.7 Å². The van der Waals surface area contributed by atoms with Crippen molar-refractivity contribution in [2.45, 2.75) is 25.7 Å². The van der Waals surface area contributed by atoms with Crippen LogP contribution >= 0.6 is 0 Å². The molecule has 0 spiro atoms. The van der Waals surface area contributed by atoms with Crippen LogP contribution in [0.2, 0.25) is 0 Å². The summed E-state index contributed by atoms with van der Waals surface area (Å²) in [5.41, 5.74) is 4.11. The molecule has 0 N–H and O–H groups in total. The quantitative estimate of drug-likeness (QED) is 0.859. The molecule has 2 aromatic rings. The van der Waals surface area contributed by atoms with Gasteiger partial charge in [-0.1, -0.05) is 24.3 Å². The lowest BCUT2D eigenvalue weighted by molar-refractivity contribution is 0.384. The standard InChI is InChI=1S/C19H24N2O2S/c1-15-13-17(3)19(14-16(15)2)24(22,23)21-11-9-20(10-12-21)18-7-5-4-6-8-18/h4-8,13-14H,9-12H2,1-3H3. The minimum absolute atomic E-state index is 0.443. The largest absolute Gasteiger partial charge is 0.369 e. The van der Waals surface area contributed by atoms with Gasteiger partial charge in [-0.15, -0.1) is 0 Å². The van der Waals surface area contributed by atoms with Gasteiger partial charge >= 0.3 is 0 Å². The van der Waals surface area contributed by atoms with Crippen molar-refractivity contribution in [1.29, 1.82) is 0 Å². The van der Waals surface area contributed by atoms with E-state index in [1.807, 2.05) is 51.1 Å². The molecular formula is C19H24N2O2S. The van der Waals surface area contributed by atoms with Crippen molar-refractivity contribution in [3.63, 3.8) is 0 Å². The number of anilines is 1. The van der Waals surface area contributed by atoms with E-state index in [0.29, 0.717) is 31.1 Å².